The largest absolute Gasteiger partial charge is 0.346 e. The zero-order chi connectivity index (χ0) is 18.4. The zero-order valence-corrected chi connectivity index (χ0v) is 15.1. The average Bonchev–Trinajstić information content (AvgIpc) is 3.32. The Morgan fingerprint density at radius 1 is 1.19 bits per heavy atom. The molecule has 0 aliphatic carbocycles. The summed E-state index contributed by atoms with van der Waals surface area (Å²) in [6, 6.07) is 9.89. The van der Waals surface area contributed by atoms with Gasteiger partial charge in [0.15, 0.2) is 0 Å². The number of hydrogen-bond donors (Lipinski definition) is 1. The molecule has 0 spiro atoms. The minimum Gasteiger partial charge on any atom is -0.346 e. The summed E-state index contributed by atoms with van der Waals surface area (Å²) >= 11 is 0. The Morgan fingerprint density at radius 3 is 2.65 bits per heavy atom. The molecule has 1 aromatic heterocycles. The molecule has 0 saturated carbocycles. The Balaban J connectivity index is 1.43. The van der Waals surface area contributed by atoms with Gasteiger partial charge in [-0.25, -0.2) is 4.68 Å². The third kappa shape index (κ3) is 4.92. The van der Waals surface area contributed by atoms with Crippen molar-refractivity contribution in [3.63, 3.8) is 0 Å². The maximum Gasteiger partial charge on any atom is 0.241 e. The van der Waals surface area contributed by atoms with Crippen LogP contribution in [-0.2, 0) is 16.1 Å². The predicted molar refractivity (Wildman–Crippen MR) is 98.7 cm³/mol. The van der Waals surface area contributed by atoms with Gasteiger partial charge in [-0.15, -0.1) is 0 Å². The van der Waals surface area contributed by atoms with Crippen LogP contribution < -0.4 is 5.32 Å². The second kappa shape index (κ2) is 8.62. The minimum absolute atomic E-state index is 0.00244. The number of nitrogens with one attached hydrogen (secondary N) is 1. The van der Waals surface area contributed by atoms with E-state index in [0.717, 1.165) is 37.2 Å². The van der Waals surface area contributed by atoms with Crippen molar-refractivity contribution < 1.29 is 9.59 Å². The molecule has 1 aliphatic rings. The van der Waals surface area contributed by atoms with Gasteiger partial charge in [0.05, 0.1) is 25.0 Å². The Hall–Kier alpha value is -2.67. The number of hydrogen-bond acceptors (Lipinski definition) is 4. The normalized spacial score (nSPS) is 14.0. The highest BCUT2D eigenvalue weighted by atomic mass is 16.2. The SMILES string of the molecule is CN(CC(=O)NCC(=O)N1CCCC1)Cc1cnn(-c2ccccc2)c1. The Morgan fingerprint density at radius 2 is 1.92 bits per heavy atom. The second-order valence-corrected chi connectivity index (χ2v) is 6.67. The lowest BCUT2D eigenvalue weighted by molar-refractivity contribution is -0.132. The summed E-state index contributed by atoms with van der Waals surface area (Å²) in [6.45, 7) is 2.54. The van der Waals surface area contributed by atoms with Gasteiger partial charge in [-0.3, -0.25) is 14.5 Å². The molecule has 0 radical (unpaired) electrons. The fourth-order valence-electron chi connectivity index (χ4n) is 3.08. The summed E-state index contributed by atoms with van der Waals surface area (Å²) in [5.74, 6) is -0.141. The zero-order valence-electron chi connectivity index (χ0n) is 15.1. The molecule has 2 amide bonds. The van der Waals surface area contributed by atoms with Crippen LogP contribution in [0.1, 0.15) is 18.4 Å². The van der Waals surface area contributed by atoms with Gasteiger partial charge < -0.3 is 10.2 Å². The molecule has 26 heavy (non-hydrogen) atoms. The van der Waals surface area contributed by atoms with E-state index in [1.807, 2.05) is 58.1 Å². The molecule has 2 heterocycles. The molecule has 1 saturated heterocycles. The Bertz CT molecular complexity index is 737. The van der Waals surface area contributed by atoms with E-state index in [2.05, 4.69) is 10.4 Å². The summed E-state index contributed by atoms with van der Waals surface area (Å²) < 4.78 is 1.82. The van der Waals surface area contributed by atoms with Gasteiger partial charge in [0.1, 0.15) is 0 Å². The van der Waals surface area contributed by atoms with Gasteiger partial charge in [-0.1, -0.05) is 18.2 Å². The first-order chi connectivity index (χ1) is 12.6. The second-order valence-electron chi connectivity index (χ2n) is 6.67. The number of benzene rings is 1. The molecule has 7 heteroatoms. The summed E-state index contributed by atoms with van der Waals surface area (Å²) in [6.07, 6.45) is 5.87. The summed E-state index contributed by atoms with van der Waals surface area (Å²) in [4.78, 5) is 27.7. The monoisotopic (exact) mass is 355 g/mol. The molecule has 3 rings (SSSR count). The summed E-state index contributed by atoms with van der Waals surface area (Å²) in [5, 5.41) is 7.08. The van der Waals surface area contributed by atoms with Gasteiger partial charge in [0.2, 0.25) is 11.8 Å². The number of rotatable bonds is 7. The van der Waals surface area contributed by atoms with E-state index in [-0.39, 0.29) is 24.9 Å². The standard InChI is InChI=1S/C19H25N5O2/c1-22(15-18(25)20-12-19(26)23-9-5-6-10-23)13-16-11-21-24(14-16)17-7-3-2-4-8-17/h2-4,7-8,11,14H,5-6,9-10,12-13,15H2,1H3,(H,20,25). The van der Waals surface area contributed by atoms with Crippen LogP contribution in [0.25, 0.3) is 5.69 Å². The molecule has 1 aromatic carbocycles. The molecule has 1 aliphatic heterocycles. The number of likely N-dealkylation sites (N-methyl/N-ethyl adjacent to an activating group) is 1. The van der Waals surface area contributed by atoms with Gasteiger partial charge in [-0.2, -0.15) is 5.10 Å². The Labute approximate surface area is 153 Å². The first-order valence-electron chi connectivity index (χ1n) is 8.94. The van der Waals surface area contributed by atoms with Gasteiger partial charge in [0.25, 0.3) is 0 Å². The maximum absolute atomic E-state index is 12.0. The summed E-state index contributed by atoms with van der Waals surface area (Å²) in [5.41, 5.74) is 2.02. The van der Waals surface area contributed by atoms with E-state index in [1.54, 1.807) is 6.20 Å². The smallest absolute Gasteiger partial charge is 0.241 e. The van der Waals surface area contributed by atoms with Crippen molar-refractivity contribution in [2.24, 2.45) is 0 Å². The van der Waals surface area contributed by atoms with Crippen LogP contribution >= 0.6 is 0 Å². The van der Waals surface area contributed by atoms with Crippen molar-refractivity contribution in [1.29, 1.82) is 0 Å². The van der Waals surface area contributed by atoms with Crippen molar-refractivity contribution in [2.75, 3.05) is 33.2 Å². The van der Waals surface area contributed by atoms with E-state index in [4.69, 9.17) is 0 Å². The number of carbonyl (C=O) groups is 2. The quantitative estimate of drug-likeness (QED) is 0.806. The van der Waals surface area contributed by atoms with Crippen LogP contribution in [-0.4, -0.2) is 64.6 Å². The number of amides is 2. The van der Waals surface area contributed by atoms with E-state index in [0.29, 0.717) is 6.54 Å². The highest BCUT2D eigenvalue weighted by molar-refractivity contribution is 5.85. The van der Waals surface area contributed by atoms with Crippen molar-refractivity contribution in [2.45, 2.75) is 19.4 Å². The lowest BCUT2D eigenvalue weighted by atomic mass is 10.3. The van der Waals surface area contributed by atoms with Crippen LogP contribution in [0.4, 0.5) is 0 Å². The van der Waals surface area contributed by atoms with Crippen molar-refractivity contribution >= 4 is 11.8 Å². The molecule has 1 fully saturated rings. The molecule has 0 unspecified atom stereocenters. The number of para-hydroxylation sites is 1. The molecule has 2 aromatic rings. The molecule has 0 bridgehead atoms. The Kier molecular flexibility index (Phi) is 6.01. The summed E-state index contributed by atoms with van der Waals surface area (Å²) in [7, 11) is 1.88. The number of aromatic nitrogens is 2. The lowest BCUT2D eigenvalue weighted by Gasteiger charge is -2.17. The van der Waals surface area contributed by atoms with Crippen LogP contribution in [0, 0.1) is 0 Å². The topological polar surface area (TPSA) is 70.5 Å². The van der Waals surface area contributed by atoms with E-state index < -0.39 is 0 Å². The molecule has 0 atom stereocenters. The first kappa shape index (κ1) is 18.1. The molecule has 1 N–H and O–H groups in total. The average molecular weight is 355 g/mol. The minimum atomic E-state index is -0.143. The van der Waals surface area contributed by atoms with Crippen LogP contribution in [0.5, 0.6) is 0 Å². The fraction of sp³-hybridized carbons (Fsp3) is 0.421. The van der Waals surface area contributed by atoms with Gasteiger partial charge >= 0.3 is 0 Å². The van der Waals surface area contributed by atoms with Crippen molar-refractivity contribution in [1.82, 2.24) is 24.9 Å². The highest BCUT2D eigenvalue weighted by Crippen LogP contribution is 2.09. The number of carbonyl (C=O) groups excluding carboxylic acids is 2. The first-order valence-corrected chi connectivity index (χ1v) is 8.94. The predicted octanol–water partition coefficient (Wildman–Crippen LogP) is 1.04. The van der Waals surface area contributed by atoms with E-state index >= 15 is 0 Å². The third-order valence-electron chi connectivity index (χ3n) is 4.42. The van der Waals surface area contributed by atoms with E-state index in [9.17, 15) is 9.59 Å². The number of likely N-dealkylation sites (tertiary alicyclic amines) is 1. The maximum atomic E-state index is 12.0. The third-order valence-corrected chi connectivity index (χ3v) is 4.42. The highest BCUT2D eigenvalue weighted by Gasteiger charge is 2.18. The van der Waals surface area contributed by atoms with E-state index in [1.165, 1.54) is 0 Å². The number of nitrogens with zero attached hydrogens (tertiary/aromatic N) is 4. The molecule has 138 valence electrons. The van der Waals surface area contributed by atoms with Crippen LogP contribution in [0.15, 0.2) is 42.7 Å². The van der Waals surface area contributed by atoms with Gasteiger partial charge in [-0.05, 0) is 32.0 Å². The molecular weight excluding hydrogens is 330 g/mol. The molecule has 7 nitrogen and oxygen atoms in total. The lowest BCUT2D eigenvalue weighted by Crippen LogP contribution is -2.42. The van der Waals surface area contributed by atoms with Crippen molar-refractivity contribution in [3.8, 4) is 5.69 Å². The van der Waals surface area contributed by atoms with Crippen LogP contribution in [0.3, 0.4) is 0 Å². The fourth-order valence-corrected chi connectivity index (χ4v) is 3.08. The van der Waals surface area contributed by atoms with Gasteiger partial charge in [0, 0.05) is 31.4 Å². The molecular formula is C19H25N5O2. The van der Waals surface area contributed by atoms with Crippen molar-refractivity contribution in [3.05, 3.63) is 48.3 Å². The van der Waals surface area contributed by atoms with Crippen LogP contribution in [0.2, 0.25) is 0 Å².